The van der Waals surface area contributed by atoms with Crippen LogP contribution in [0.3, 0.4) is 0 Å². The molecule has 0 aliphatic carbocycles. The second kappa shape index (κ2) is 10.2. The number of aromatic nitrogens is 2. The molecule has 0 fully saturated rings. The highest BCUT2D eigenvalue weighted by Gasteiger charge is 2.36. The minimum atomic E-state index is -4.69. The fraction of sp³-hybridized carbons (Fsp3) is 0.185. The smallest absolute Gasteiger partial charge is 0.418 e. The Labute approximate surface area is 213 Å². The minimum absolute atomic E-state index is 0.0871. The largest absolute Gasteiger partial charge is 0.480 e. The van der Waals surface area contributed by atoms with Crippen LogP contribution < -0.4 is 5.32 Å². The van der Waals surface area contributed by atoms with Gasteiger partial charge in [0.15, 0.2) is 0 Å². The summed E-state index contributed by atoms with van der Waals surface area (Å²) in [5, 5.41) is 12.1. The van der Waals surface area contributed by atoms with Crippen molar-refractivity contribution in [3.8, 4) is 11.3 Å². The van der Waals surface area contributed by atoms with Crippen LogP contribution in [-0.2, 0) is 17.4 Å². The summed E-state index contributed by atoms with van der Waals surface area (Å²) in [7, 11) is 0. The fourth-order valence-corrected chi connectivity index (χ4v) is 4.09. The SMILES string of the molecule is Cc1cc(C(F)(F)F)c(-c2ccc(C[C@H](NC(=O)c3c(F)cccc3F)C(=O)O)c3cccnc23)nc1C. The minimum Gasteiger partial charge on any atom is -0.480 e. The molecule has 2 heterocycles. The average molecular weight is 529 g/mol. The first-order valence-electron chi connectivity index (χ1n) is 11.3. The summed E-state index contributed by atoms with van der Waals surface area (Å²) in [5.74, 6) is -5.06. The average Bonchev–Trinajstić information content (AvgIpc) is 2.84. The molecule has 196 valence electrons. The zero-order valence-electron chi connectivity index (χ0n) is 20.0. The van der Waals surface area contributed by atoms with E-state index in [4.69, 9.17) is 0 Å². The Balaban J connectivity index is 1.77. The van der Waals surface area contributed by atoms with Crippen LogP contribution in [0.15, 0.2) is 54.7 Å². The maximum Gasteiger partial charge on any atom is 0.418 e. The van der Waals surface area contributed by atoms with Crippen LogP contribution in [0.25, 0.3) is 22.2 Å². The fourth-order valence-electron chi connectivity index (χ4n) is 4.09. The quantitative estimate of drug-likeness (QED) is 0.316. The van der Waals surface area contributed by atoms with Gasteiger partial charge in [-0.2, -0.15) is 13.2 Å². The number of nitrogens with one attached hydrogen (secondary N) is 1. The van der Waals surface area contributed by atoms with Gasteiger partial charge in [-0.1, -0.05) is 24.3 Å². The lowest BCUT2D eigenvalue weighted by Crippen LogP contribution is -2.43. The number of carboxylic acid groups (broad SMARTS) is 1. The van der Waals surface area contributed by atoms with Crippen LogP contribution in [0.1, 0.15) is 32.7 Å². The Hall–Kier alpha value is -4.41. The van der Waals surface area contributed by atoms with Gasteiger partial charge >= 0.3 is 12.1 Å². The number of alkyl halides is 3. The van der Waals surface area contributed by atoms with E-state index < -0.39 is 46.9 Å². The lowest BCUT2D eigenvalue weighted by molar-refractivity contribution is -0.139. The molecule has 4 aromatic rings. The van der Waals surface area contributed by atoms with Crippen molar-refractivity contribution in [3.05, 3.63) is 94.3 Å². The van der Waals surface area contributed by atoms with Crippen LogP contribution in [0.2, 0.25) is 0 Å². The normalized spacial score (nSPS) is 12.4. The summed E-state index contributed by atoms with van der Waals surface area (Å²) in [6.07, 6.45) is -3.66. The van der Waals surface area contributed by atoms with E-state index in [-0.39, 0.29) is 23.2 Å². The van der Waals surface area contributed by atoms with E-state index in [2.05, 4.69) is 15.3 Å². The first-order valence-corrected chi connectivity index (χ1v) is 11.3. The van der Waals surface area contributed by atoms with Gasteiger partial charge in [0, 0.05) is 29.3 Å². The van der Waals surface area contributed by atoms with Crippen molar-refractivity contribution in [2.45, 2.75) is 32.5 Å². The first kappa shape index (κ1) is 26.6. The lowest BCUT2D eigenvalue weighted by atomic mass is 9.94. The Morgan fingerprint density at radius 2 is 1.71 bits per heavy atom. The van der Waals surface area contributed by atoms with Crippen LogP contribution in [-0.4, -0.2) is 33.0 Å². The van der Waals surface area contributed by atoms with Gasteiger partial charge in [0.25, 0.3) is 5.91 Å². The monoisotopic (exact) mass is 529 g/mol. The number of hydrogen-bond acceptors (Lipinski definition) is 4. The predicted octanol–water partition coefficient (Wildman–Crippen LogP) is 5.64. The molecular formula is C27H20F5N3O3. The third kappa shape index (κ3) is 5.17. The molecule has 1 atom stereocenters. The van der Waals surface area contributed by atoms with Gasteiger partial charge in [-0.25, -0.2) is 13.6 Å². The Kier molecular flexibility index (Phi) is 7.12. The molecular weight excluding hydrogens is 509 g/mol. The molecule has 0 spiro atoms. The van der Waals surface area contributed by atoms with Crippen molar-refractivity contribution in [1.29, 1.82) is 0 Å². The number of pyridine rings is 2. The Bertz CT molecular complexity index is 1550. The zero-order chi connectivity index (χ0) is 27.8. The molecule has 0 aliphatic heterocycles. The van der Waals surface area contributed by atoms with Gasteiger partial charge < -0.3 is 10.4 Å². The van der Waals surface area contributed by atoms with Gasteiger partial charge in [0.05, 0.1) is 16.8 Å². The highest BCUT2D eigenvalue weighted by Crippen LogP contribution is 2.39. The summed E-state index contributed by atoms with van der Waals surface area (Å²) in [5.41, 5.74) is -0.878. The van der Waals surface area contributed by atoms with Crippen LogP contribution >= 0.6 is 0 Å². The van der Waals surface area contributed by atoms with E-state index in [1.807, 2.05) is 0 Å². The molecule has 38 heavy (non-hydrogen) atoms. The molecule has 11 heteroatoms. The van der Waals surface area contributed by atoms with Gasteiger partial charge in [-0.05, 0) is 49.2 Å². The van der Waals surface area contributed by atoms with Gasteiger partial charge in [0.1, 0.15) is 23.2 Å². The maximum absolute atomic E-state index is 14.0. The van der Waals surface area contributed by atoms with Crippen molar-refractivity contribution in [1.82, 2.24) is 15.3 Å². The zero-order valence-corrected chi connectivity index (χ0v) is 20.0. The van der Waals surface area contributed by atoms with Crippen LogP contribution in [0.4, 0.5) is 22.0 Å². The number of benzene rings is 2. The van der Waals surface area contributed by atoms with Crippen molar-refractivity contribution in [3.63, 3.8) is 0 Å². The number of aryl methyl sites for hydroxylation is 2. The second-order valence-electron chi connectivity index (χ2n) is 8.62. The van der Waals surface area contributed by atoms with Gasteiger partial charge in [-0.15, -0.1) is 0 Å². The molecule has 0 radical (unpaired) electrons. The number of amides is 1. The highest BCUT2D eigenvalue weighted by atomic mass is 19.4. The lowest BCUT2D eigenvalue weighted by Gasteiger charge is -2.19. The van der Waals surface area contributed by atoms with E-state index >= 15 is 0 Å². The van der Waals surface area contributed by atoms with E-state index in [1.165, 1.54) is 31.3 Å². The summed E-state index contributed by atoms with van der Waals surface area (Å²) in [4.78, 5) is 32.9. The molecule has 6 nitrogen and oxygen atoms in total. The number of fused-ring (bicyclic) bond motifs is 1. The van der Waals surface area contributed by atoms with Crippen molar-refractivity contribution in [2.75, 3.05) is 0 Å². The van der Waals surface area contributed by atoms with Crippen LogP contribution in [0, 0.1) is 25.5 Å². The number of rotatable bonds is 6. The number of nitrogens with zero attached hydrogens (tertiary/aromatic N) is 2. The highest BCUT2D eigenvalue weighted by molar-refractivity contribution is 5.98. The Morgan fingerprint density at radius 1 is 1.03 bits per heavy atom. The topological polar surface area (TPSA) is 92.2 Å². The maximum atomic E-state index is 14.0. The summed E-state index contributed by atoms with van der Waals surface area (Å²) in [6.45, 7) is 3.11. The van der Waals surface area contributed by atoms with Crippen molar-refractivity contribution >= 4 is 22.8 Å². The Morgan fingerprint density at radius 3 is 2.34 bits per heavy atom. The summed E-state index contributed by atoms with van der Waals surface area (Å²) >= 11 is 0. The van der Waals surface area contributed by atoms with Crippen molar-refractivity contribution < 1.29 is 36.6 Å². The number of carbonyl (C=O) groups is 2. The molecule has 1 amide bonds. The van der Waals surface area contributed by atoms with E-state index in [1.54, 1.807) is 13.0 Å². The molecule has 2 aromatic carbocycles. The van der Waals surface area contributed by atoms with E-state index in [0.717, 1.165) is 24.3 Å². The summed E-state index contributed by atoms with van der Waals surface area (Å²) in [6, 6.07) is 8.04. The van der Waals surface area contributed by atoms with Gasteiger partial charge in [0.2, 0.25) is 0 Å². The molecule has 0 saturated carbocycles. The summed E-state index contributed by atoms with van der Waals surface area (Å²) < 4.78 is 69.7. The number of aliphatic carboxylic acids is 1. The third-order valence-electron chi connectivity index (χ3n) is 6.10. The predicted molar refractivity (Wildman–Crippen MR) is 128 cm³/mol. The number of carbonyl (C=O) groups excluding carboxylic acids is 1. The standard InChI is InChI=1S/C27H20F5N3O3/c1-13-11-18(27(30,31)32)24(34-14(13)2)17-9-8-15(16-5-4-10-33-23(16)17)12-21(26(37)38)35-25(36)22-19(28)6-3-7-20(22)29/h3-11,21H,12H2,1-2H3,(H,35,36)(H,37,38)/t21-/m0/s1. The van der Waals surface area contributed by atoms with Crippen molar-refractivity contribution in [2.24, 2.45) is 0 Å². The molecule has 0 aliphatic rings. The van der Waals surface area contributed by atoms with E-state index in [0.29, 0.717) is 22.2 Å². The molecule has 4 rings (SSSR count). The first-order chi connectivity index (χ1) is 17.9. The number of carboxylic acids is 1. The molecule has 0 bridgehead atoms. The molecule has 0 saturated heterocycles. The van der Waals surface area contributed by atoms with E-state index in [9.17, 15) is 36.6 Å². The number of halogens is 5. The van der Waals surface area contributed by atoms with Crippen LogP contribution in [0.5, 0.6) is 0 Å². The number of hydrogen-bond donors (Lipinski definition) is 2. The second-order valence-corrected chi connectivity index (χ2v) is 8.62. The molecule has 0 unspecified atom stereocenters. The molecule has 2 N–H and O–H groups in total. The van der Waals surface area contributed by atoms with Gasteiger partial charge in [-0.3, -0.25) is 14.8 Å². The molecule has 2 aromatic heterocycles. The third-order valence-corrected chi connectivity index (χ3v) is 6.10.